The Hall–Kier alpha value is -2.39. The first-order valence-electron chi connectivity index (χ1n) is 7.54. The van der Waals surface area contributed by atoms with Crippen molar-refractivity contribution < 1.29 is 4.74 Å². The fourth-order valence-electron chi connectivity index (χ4n) is 2.79. The normalized spacial score (nSPS) is 20.7. The number of pyridine rings is 1. The number of aromatic nitrogens is 3. The quantitative estimate of drug-likeness (QED) is 0.917. The van der Waals surface area contributed by atoms with Crippen LogP contribution in [0.15, 0.2) is 30.7 Å². The lowest BCUT2D eigenvalue weighted by Gasteiger charge is -2.18. The second kappa shape index (κ2) is 6.58. The summed E-state index contributed by atoms with van der Waals surface area (Å²) >= 11 is 0. The number of rotatable bonds is 5. The van der Waals surface area contributed by atoms with E-state index in [4.69, 9.17) is 10.00 Å². The molecule has 6 heteroatoms. The molecular weight excluding hydrogens is 278 g/mol. The van der Waals surface area contributed by atoms with E-state index in [0.29, 0.717) is 11.6 Å². The first kappa shape index (κ1) is 14.5. The molecule has 0 aromatic carbocycles. The van der Waals surface area contributed by atoms with Crippen LogP contribution >= 0.6 is 0 Å². The van der Waals surface area contributed by atoms with Crippen molar-refractivity contribution >= 4 is 5.69 Å². The summed E-state index contributed by atoms with van der Waals surface area (Å²) in [6, 6.07) is 5.82. The van der Waals surface area contributed by atoms with Gasteiger partial charge < -0.3 is 10.1 Å². The van der Waals surface area contributed by atoms with E-state index in [0.717, 1.165) is 37.4 Å². The van der Waals surface area contributed by atoms with Gasteiger partial charge in [-0.15, -0.1) is 0 Å². The highest BCUT2D eigenvalue weighted by molar-refractivity contribution is 5.53. The maximum atomic E-state index is 9.08. The summed E-state index contributed by atoms with van der Waals surface area (Å²) in [5.74, 6) is 0.362. The van der Waals surface area contributed by atoms with Crippen molar-refractivity contribution in [2.24, 2.45) is 5.92 Å². The van der Waals surface area contributed by atoms with Gasteiger partial charge in [0.15, 0.2) is 5.69 Å². The van der Waals surface area contributed by atoms with E-state index in [1.165, 1.54) is 0 Å². The van der Waals surface area contributed by atoms with E-state index in [1.54, 1.807) is 6.20 Å². The molecule has 2 atom stereocenters. The molecule has 0 amide bonds. The van der Waals surface area contributed by atoms with Gasteiger partial charge in [-0.1, -0.05) is 0 Å². The molecule has 1 saturated heterocycles. The monoisotopic (exact) mass is 297 g/mol. The predicted octanol–water partition coefficient (Wildman–Crippen LogP) is 2.36. The fourth-order valence-corrected chi connectivity index (χ4v) is 2.79. The number of ether oxygens (including phenoxy) is 1. The van der Waals surface area contributed by atoms with Crippen LogP contribution in [0.25, 0.3) is 0 Å². The van der Waals surface area contributed by atoms with Gasteiger partial charge in [-0.3, -0.25) is 4.68 Å². The lowest BCUT2D eigenvalue weighted by molar-refractivity contribution is 0.0932. The highest BCUT2D eigenvalue weighted by atomic mass is 16.5. The molecule has 0 bridgehead atoms. The van der Waals surface area contributed by atoms with Crippen LogP contribution in [0.1, 0.15) is 30.7 Å². The van der Waals surface area contributed by atoms with E-state index in [1.807, 2.05) is 29.2 Å². The fraction of sp³-hybridized carbons (Fsp3) is 0.438. The summed E-state index contributed by atoms with van der Waals surface area (Å²) in [5, 5.41) is 16.7. The lowest BCUT2D eigenvalue weighted by Crippen LogP contribution is -2.18. The summed E-state index contributed by atoms with van der Waals surface area (Å²) in [5.41, 5.74) is 2.33. The molecule has 0 aliphatic carbocycles. The Balaban J connectivity index is 1.68. The Morgan fingerprint density at radius 1 is 1.55 bits per heavy atom. The van der Waals surface area contributed by atoms with Gasteiger partial charge in [0.2, 0.25) is 0 Å². The molecule has 0 radical (unpaired) electrons. The maximum absolute atomic E-state index is 9.08. The Morgan fingerprint density at radius 2 is 2.45 bits per heavy atom. The van der Waals surface area contributed by atoms with E-state index < -0.39 is 0 Å². The van der Waals surface area contributed by atoms with Crippen LogP contribution in [0.3, 0.4) is 0 Å². The molecule has 0 unspecified atom stereocenters. The minimum absolute atomic E-state index is 0.0648. The van der Waals surface area contributed by atoms with Crippen LogP contribution in [0.5, 0.6) is 0 Å². The number of aryl methyl sites for hydroxylation is 1. The molecule has 2 aromatic heterocycles. The van der Waals surface area contributed by atoms with Crippen molar-refractivity contribution in [3.05, 3.63) is 42.0 Å². The maximum Gasteiger partial charge on any atom is 0.163 e. The molecule has 114 valence electrons. The number of nitrogens with one attached hydrogen (secondary N) is 1. The van der Waals surface area contributed by atoms with Gasteiger partial charge in [0.1, 0.15) is 6.07 Å². The number of hydrogen-bond acceptors (Lipinski definition) is 5. The molecule has 3 heterocycles. The van der Waals surface area contributed by atoms with Crippen LogP contribution in [-0.2, 0) is 11.3 Å². The van der Waals surface area contributed by atoms with Crippen molar-refractivity contribution in [3.63, 3.8) is 0 Å². The summed E-state index contributed by atoms with van der Waals surface area (Å²) in [4.78, 5) is 4.07. The van der Waals surface area contributed by atoms with Gasteiger partial charge in [0.05, 0.1) is 18.0 Å². The molecular formula is C16H19N5O. The zero-order valence-electron chi connectivity index (χ0n) is 12.6. The van der Waals surface area contributed by atoms with Gasteiger partial charge >= 0.3 is 0 Å². The van der Waals surface area contributed by atoms with Crippen LogP contribution in [0.2, 0.25) is 0 Å². The Labute approximate surface area is 129 Å². The molecule has 3 rings (SSSR count). The highest BCUT2D eigenvalue weighted by Gasteiger charge is 2.30. The largest absolute Gasteiger partial charge is 0.382 e. The Kier molecular flexibility index (Phi) is 4.35. The van der Waals surface area contributed by atoms with Crippen LogP contribution in [0, 0.1) is 17.2 Å². The van der Waals surface area contributed by atoms with Crippen molar-refractivity contribution in [3.8, 4) is 6.07 Å². The standard InChI is InChI=1S/C16H19N5O/c1-2-21-11-13(10-20-21)16-12(5-7-22-16)9-19-14-4-3-6-18-15(14)8-17/h3-4,6,10-12,16,19H,2,5,7,9H2,1H3/t12-,16+/m0/s1. The number of nitrogens with zero attached hydrogens (tertiary/aromatic N) is 4. The minimum atomic E-state index is 0.0648. The third-order valence-electron chi connectivity index (χ3n) is 3.99. The molecule has 1 N–H and O–H groups in total. The van der Waals surface area contributed by atoms with Crippen LogP contribution < -0.4 is 5.32 Å². The van der Waals surface area contributed by atoms with E-state index >= 15 is 0 Å². The Bertz CT molecular complexity index is 675. The minimum Gasteiger partial charge on any atom is -0.382 e. The molecule has 1 fully saturated rings. The first-order chi connectivity index (χ1) is 10.8. The van der Waals surface area contributed by atoms with E-state index in [2.05, 4.69) is 28.4 Å². The summed E-state index contributed by atoms with van der Waals surface area (Å²) in [6.45, 7) is 4.43. The second-order valence-corrected chi connectivity index (χ2v) is 5.36. The molecule has 1 aliphatic heterocycles. The van der Waals surface area contributed by atoms with Gasteiger partial charge in [0.25, 0.3) is 0 Å². The number of nitriles is 1. The van der Waals surface area contributed by atoms with Gasteiger partial charge in [-0.2, -0.15) is 10.4 Å². The van der Waals surface area contributed by atoms with Crippen molar-refractivity contribution in [1.29, 1.82) is 5.26 Å². The van der Waals surface area contributed by atoms with Crippen LogP contribution in [0.4, 0.5) is 5.69 Å². The zero-order valence-corrected chi connectivity index (χ0v) is 12.6. The Morgan fingerprint density at radius 3 is 3.23 bits per heavy atom. The number of anilines is 1. The molecule has 22 heavy (non-hydrogen) atoms. The summed E-state index contributed by atoms with van der Waals surface area (Å²) < 4.78 is 7.79. The van der Waals surface area contributed by atoms with Gasteiger partial charge in [-0.25, -0.2) is 4.98 Å². The van der Waals surface area contributed by atoms with Gasteiger partial charge in [-0.05, 0) is 25.5 Å². The average molecular weight is 297 g/mol. The second-order valence-electron chi connectivity index (χ2n) is 5.36. The van der Waals surface area contributed by atoms with Gasteiger partial charge in [0, 0.05) is 43.6 Å². The third-order valence-corrected chi connectivity index (χ3v) is 3.99. The topological polar surface area (TPSA) is 75.8 Å². The lowest BCUT2D eigenvalue weighted by atomic mass is 9.97. The van der Waals surface area contributed by atoms with Crippen LogP contribution in [-0.4, -0.2) is 27.9 Å². The number of hydrogen-bond donors (Lipinski definition) is 1. The summed E-state index contributed by atoms with van der Waals surface area (Å²) in [6.07, 6.45) is 6.63. The van der Waals surface area contributed by atoms with E-state index in [-0.39, 0.29) is 6.10 Å². The molecule has 2 aromatic rings. The zero-order chi connectivity index (χ0) is 15.4. The molecule has 6 nitrogen and oxygen atoms in total. The average Bonchev–Trinajstić information content (AvgIpc) is 3.21. The summed E-state index contributed by atoms with van der Waals surface area (Å²) in [7, 11) is 0. The van der Waals surface area contributed by atoms with Crippen molar-refractivity contribution in [1.82, 2.24) is 14.8 Å². The molecule has 0 saturated carbocycles. The van der Waals surface area contributed by atoms with Crippen molar-refractivity contribution in [2.45, 2.75) is 26.0 Å². The third kappa shape index (κ3) is 2.95. The first-order valence-corrected chi connectivity index (χ1v) is 7.54. The molecule has 0 spiro atoms. The smallest absolute Gasteiger partial charge is 0.163 e. The highest BCUT2D eigenvalue weighted by Crippen LogP contribution is 2.34. The van der Waals surface area contributed by atoms with E-state index in [9.17, 15) is 0 Å². The predicted molar refractivity (Wildman–Crippen MR) is 82.1 cm³/mol. The van der Waals surface area contributed by atoms with Crippen molar-refractivity contribution in [2.75, 3.05) is 18.5 Å². The SMILES string of the molecule is CCn1cc([C@@H]2OCC[C@H]2CNc2cccnc2C#N)cn1. The molecule has 1 aliphatic rings.